The first-order chi connectivity index (χ1) is 6.11. The van der Waals surface area contributed by atoms with Gasteiger partial charge in [0.1, 0.15) is 24.4 Å². The summed E-state index contributed by atoms with van der Waals surface area (Å²) >= 11 is 0. The summed E-state index contributed by atoms with van der Waals surface area (Å²) in [5.41, 5.74) is 0. The number of hydrogen-bond donors (Lipinski definition) is 4. The van der Waals surface area contributed by atoms with E-state index in [1.165, 1.54) is 7.11 Å². The minimum absolute atomic E-state index is 0. The standard InChI is InChI=1S/C7H14O6.4Ac/c1-12-6-4(9)3(2-8)13-7(11)5(6)10;;;;/h3-11H,2H2,1H3;;;;/t3?,4-,5?,6+,7+;;;;/m0..../s1. The number of aliphatic hydroxyl groups excluding tert-OH is 4. The molecule has 0 aromatic rings. The summed E-state index contributed by atoms with van der Waals surface area (Å²) in [6.45, 7) is -0.440. The summed E-state index contributed by atoms with van der Waals surface area (Å²) in [5.74, 6) is 0. The van der Waals surface area contributed by atoms with Gasteiger partial charge >= 0.3 is 0 Å². The quantitative estimate of drug-likeness (QED) is 0.243. The van der Waals surface area contributed by atoms with Crippen molar-refractivity contribution in [3.63, 3.8) is 0 Å². The molecule has 5 atom stereocenters. The van der Waals surface area contributed by atoms with Gasteiger partial charge in [-0.15, -0.1) is 0 Å². The summed E-state index contributed by atoms with van der Waals surface area (Å²) in [6.07, 6.45) is -5.76. The Morgan fingerprint density at radius 3 is 1.82 bits per heavy atom. The van der Waals surface area contributed by atoms with Crippen molar-refractivity contribution >= 4 is 0 Å². The molecule has 17 heavy (non-hydrogen) atoms. The first kappa shape index (κ1) is 30.4. The third kappa shape index (κ3) is 9.41. The second-order valence-electron chi connectivity index (χ2n) is 2.93. The van der Waals surface area contributed by atoms with Crippen molar-refractivity contribution in [2.45, 2.75) is 30.7 Å². The maximum absolute atomic E-state index is 9.44. The molecule has 10 heteroatoms. The Balaban J connectivity index is -0.000000211. The number of hydrogen-bond acceptors (Lipinski definition) is 6. The molecular formula is C7H14Ac4O6. The largest absolute Gasteiger partial charge is 0.394 e. The zero-order chi connectivity index (χ0) is 10.0. The molecule has 1 saturated heterocycles. The third-order valence-electron chi connectivity index (χ3n) is 2.11. The van der Waals surface area contributed by atoms with Gasteiger partial charge in [0.2, 0.25) is 0 Å². The molecule has 2 unspecified atom stereocenters. The molecule has 0 saturated carbocycles. The van der Waals surface area contributed by atoms with Gasteiger partial charge in [0.05, 0.1) is 6.61 Å². The summed E-state index contributed by atoms with van der Waals surface area (Å²) in [5, 5.41) is 36.6. The van der Waals surface area contributed by atoms with Crippen molar-refractivity contribution in [3.05, 3.63) is 0 Å². The van der Waals surface area contributed by atoms with Gasteiger partial charge in [-0.1, -0.05) is 0 Å². The molecule has 4 N–H and O–H groups in total. The van der Waals surface area contributed by atoms with Gasteiger partial charge in [0, 0.05) is 183 Å². The van der Waals surface area contributed by atoms with Gasteiger partial charge < -0.3 is 29.9 Å². The van der Waals surface area contributed by atoms with E-state index in [0.717, 1.165) is 0 Å². The Labute approximate surface area is 244 Å². The van der Waals surface area contributed by atoms with Crippen LogP contribution in [0.25, 0.3) is 0 Å². The van der Waals surface area contributed by atoms with Crippen LogP contribution in [0.4, 0.5) is 0 Å². The van der Waals surface area contributed by atoms with E-state index >= 15 is 0 Å². The fraction of sp³-hybridized carbons (Fsp3) is 1.00. The summed E-state index contributed by atoms with van der Waals surface area (Å²) in [4.78, 5) is 0. The monoisotopic (exact) mass is 1100 g/mol. The van der Waals surface area contributed by atoms with Crippen molar-refractivity contribution in [1.82, 2.24) is 0 Å². The van der Waals surface area contributed by atoms with E-state index in [0.29, 0.717) is 0 Å². The van der Waals surface area contributed by atoms with Crippen LogP contribution < -0.4 is 0 Å². The Morgan fingerprint density at radius 1 is 1.00 bits per heavy atom. The van der Waals surface area contributed by atoms with Gasteiger partial charge in [-0.25, -0.2) is 0 Å². The minimum Gasteiger partial charge on any atom is -0.394 e. The predicted octanol–water partition coefficient (Wildman–Crippen LogP) is -2.57. The van der Waals surface area contributed by atoms with Crippen LogP contribution in [0.3, 0.4) is 0 Å². The Morgan fingerprint density at radius 2 is 1.47 bits per heavy atom. The maximum Gasteiger partial charge on any atom is 0.184 e. The minimum atomic E-state index is -1.44. The van der Waals surface area contributed by atoms with Gasteiger partial charge in [0.25, 0.3) is 0 Å². The molecule has 1 aliphatic heterocycles. The van der Waals surface area contributed by atoms with Crippen molar-refractivity contribution < 1.29 is 206 Å². The summed E-state index contributed by atoms with van der Waals surface area (Å²) in [6, 6.07) is 0. The van der Waals surface area contributed by atoms with E-state index in [4.69, 9.17) is 19.7 Å². The molecule has 0 aromatic carbocycles. The van der Waals surface area contributed by atoms with Gasteiger partial charge in [-0.2, -0.15) is 0 Å². The topological polar surface area (TPSA) is 99.4 Å². The normalized spacial score (nSPS) is 35.5. The van der Waals surface area contributed by atoms with Crippen molar-refractivity contribution in [3.8, 4) is 0 Å². The van der Waals surface area contributed by atoms with Gasteiger partial charge in [0.15, 0.2) is 6.29 Å². The van der Waals surface area contributed by atoms with Crippen molar-refractivity contribution in [2.75, 3.05) is 13.7 Å². The number of rotatable bonds is 2. The number of aliphatic hydroxyl groups is 4. The second kappa shape index (κ2) is 16.4. The van der Waals surface area contributed by atoms with E-state index in [9.17, 15) is 10.2 Å². The predicted molar refractivity (Wildman–Crippen MR) is 40.8 cm³/mol. The molecular weight excluding hydrogens is 1090 g/mol. The van der Waals surface area contributed by atoms with Crippen LogP contribution in [0.5, 0.6) is 0 Å². The Hall–Kier alpha value is 5.53. The van der Waals surface area contributed by atoms with E-state index in [1.54, 1.807) is 0 Å². The fourth-order valence-corrected chi connectivity index (χ4v) is 1.35. The third-order valence-corrected chi connectivity index (χ3v) is 2.11. The summed E-state index contributed by atoms with van der Waals surface area (Å²) in [7, 11) is 1.30. The molecule has 0 amide bonds. The molecule has 1 rings (SSSR count). The van der Waals surface area contributed by atoms with E-state index in [2.05, 4.69) is 0 Å². The molecule has 6 nitrogen and oxygen atoms in total. The molecule has 0 aromatic heterocycles. The molecule has 0 spiro atoms. The van der Waals surface area contributed by atoms with Gasteiger partial charge in [-0.05, 0) is 0 Å². The van der Waals surface area contributed by atoms with Gasteiger partial charge in [-0.3, -0.25) is 0 Å². The SMILES string of the molecule is CO[C@H]1C(O)[C@H](O)OC(CO)[C@@H]1O.[Ac].[Ac].[Ac].[Ac]. The first-order valence-corrected chi connectivity index (χ1v) is 3.95. The zero-order valence-electron chi connectivity index (χ0n) is 9.51. The fourth-order valence-electron chi connectivity index (χ4n) is 1.35. The molecule has 0 bridgehead atoms. The van der Waals surface area contributed by atoms with Crippen LogP contribution in [0, 0.1) is 176 Å². The van der Waals surface area contributed by atoms with Crippen LogP contribution in [-0.4, -0.2) is 64.8 Å². The Kier molecular flexibility index (Phi) is 29.3. The van der Waals surface area contributed by atoms with Crippen LogP contribution in [0.2, 0.25) is 0 Å². The molecule has 4 radical (unpaired) electrons. The number of methoxy groups -OCH3 is 1. The molecule has 1 aliphatic rings. The van der Waals surface area contributed by atoms with Crippen molar-refractivity contribution in [2.24, 2.45) is 0 Å². The average Bonchev–Trinajstić information content (AvgIpc) is 2.12. The molecule has 90 valence electrons. The second-order valence-corrected chi connectivity index (χ2v) is 2.93. The smallest absolute Gasteiger partial charge is 0.184 e. The zero-order valence-corrected chi connectivity index (χ0v) is 28.5. The van der Waals surface area contributed by atoms with Crippen LogP contribution >= 0.6 is 0 Å². The first-order valence-electron chi connectivity index (χ1n) is 3.95. The van der Waals surface area contributed by atoms with Crippen molar-refractivity contribution in [1.29, 1.82) is 0 Å². The average molecular weight is 1100 g/mol. The van der Waals surface area contributed by atoms with Crippen LogP contribution in [-0.2, 0) is 9.47 Å². The Bertz CT molecular complexity index is 176. The number of ether oxygens (including phenoxy) is 2. The maximum atomic E-state index is 9.44. The van der Waals surface area contributed by atoms with Crippen LogP contribution in [0.15, 0.2) is 0 Å². The molecule has 1 heterocycles. The molecule has 0 aliphatic carbocycles. The molecule has 1 fully saturated rings. The van der Waals surface area contributed by atoms with E-state index in [1.807, 2.05) is 0 Å². The summed E-state index contributed by atoms with van der Waals surface area (Å²) < 4.78 is 9.48. The van der Waals surface area contributed by atoms with E-state index < -0.39 is 37.3 Å². The van der Waals surface area contributed by atoms with E-state index in [-0.39, 0.29) is 176 Å². The van der Waals surface area contributed by atoms with Crippen LogP contribution in [0.1, 0.15) is 0 Å².